The highest BCUT2D eigenvalue weighted by Crippen LogP contribution is 2.40. The van der Waals surface area contributed by atoms with E-state index in [0.717, 1.165) is 47.6 Å². The van der Waals surface area contributed by atoms with Crippen LogP contribution in [0, 0.1) is 0 Å². The third-order valence-corrected chi connectivity index (χ3v) is 4.12. The lowest BCUT2D eigenvalue weighted by molar-refractivity contribution is 0.103. The Morgan fingerprint density at radius 3 is 2.30 bits per heavy atom. The Labute approximate surface area is 120 Å². The lowest BCUT2D eigenvalue weighted by Crippen LogP contribution is -1.99. The van der Waals surface area contributed by atoms with E-state index in [4.69, 9.17) is 0 Å². The van der Waals surface area contributed by atoms with Crippen molar-refractivity contribution in [2.24, 2.45) is 0 Å². The molecule has 102 valence electrons. The van der Waals surface area contributed by atoms with E-state index in [1.165, 1.54) is 11.1 Å². The maximum atomic E-state index is 12.8. The molecule has 1 nitrogen and oxygen atoms in total. The van der Waals surface area contributed by atoms with Crippen LogP contribution in [0.15, 0.2) is 42.0 Å². The van der Waals surface area contributed by atoms with Gasteiger partial charge in [0.05, 0.1) is 0 Å². The molecule has 1 aliphatic rings. The monoisotopic (exact) mass is 264 g/mol. The van der Waals surface area contributed by atoms with Gasteiger partial charge in [0.2, 0.25) is 0 Å². The van der Waals surface area contributed by atoms with E-state index in [1.54, 1.807) is 0 Å². The lowest BCUT2D eigenvalue weighted by Gasteiger charge is -2.07. The summed E-state index contributed by atoms with van der Waals surface area (Å²) in [7, 11) is 0. The third kappa shape index (κ3) is 1.89. The first-order chi connectivity index (χ1) is 9.77. The maximum Gasteiger partial charge on any atom is 0.190 e. The van der Waals surface area contributed by atoms with E-state index >= 15 is 0 Å². The molecule has 0 unspecified atom stereocenters. The van der Waals surface area contributed by atoms with Crippen LogP contribution in [-0.2, 0) is 0 Å². The van der Waals surface area contributed by atoms with E-state index in [1.807, 2.05) is 12.1 Å². The number of carbonyl (C=O) groups excluding carboxylic acids is 1. The molecule has 0 bridgehead atoms. The van der Waals surface area contributed by atoms with Crippen molar-refractivity contribution in [2.75, 3.05) is 0 Å². The van der Waals surface area contributed by atoms with Crippen LogP contribution >= 0.6 is 0 Å². The number of benzene rings is 2. The predicted molar refractivity (Wildman–Crippen MR) is 85.0 cm³/mol. The number of hydrogen-bond acceptors (Lipinski definition) is 1. The van der Waals surface area contributed by atoms with Gasteiger partial charge in [0.1, 0.15) is 0 Å². The molecule has 0 heterocycles. The van der Waals surface area contributed by atoms with Gasteiger partial charge in [0.25, 0.3) is 0 Å². The summed E-state index contributed by atoms with van der Waals surface area (Å²) in [5.41, 5.74) is 4.47. The van der Waals surface area contributed by atoms with Gasteiger partial charge in [-0.2, -0.15) is 0 Å². The first-order valence-electron chi connectivity index (χ1n) is 7.56. The molecule has 3 rings (SSSR count). The molecule has 20 heavy (non-hydrogen) atoms. The van der Waals surface area contributed by atoms with Crippen LogP contribution in [0.2, 0.25) is 0 Å². The number of allylic oxidation sites excluding steroid dienone is 2. The number of ketones is 1. The maximum absolute atomic E-state index is 12.8. The number of fused-ring (bicyclic) bond motifs is 3. The highest BCUT2D eigenvalue weighted by Gasteiger charge is 2.29. The van der Waals surface area contributed by atoms with Gasteiger partial charge in [-0.05, 0) is 34.8 Å². The topological polar surface area (TPSA) is 17.1 Å². The first-order valence-corrected chi connectivity index (χ1v) is 7.56. The summed E-state index contributed by atoms with van der Waals surface area (Å²) in [6, 6.07) is 12.5. The number of Topliss-reactive ketones (excluding diaryl/α,β-unsaturated/α-hetero) is 1. The van der Waals surface area contributed by atoms with Crippen LogP contribution in [-0.4, -0.2) is 5.78 Å². The van der Waals surface area contributed by atoms with Crippen LogP contribution in [0.1, 0.15) is 55.5 Å². The van der Waals surface area contributed by atoms with Crippen LogP contribution in [0.3, 0.4) is 0 Å². The Balaban J connectivity index is 2.24. The van der Waals surface area contributed by atoms with E-state index in [-0.39, 0.29) is 5.78 Å². The van der Waals surface area contributed by atoms with Gasteiger partial charge in [-0.25, -0.2) is 0 Å². The lowest BCUT2D eigenvalue weighted by atomic mass is 9.96. The van der Waals surface area contributed by atoms with Crippen molar-refractivity contribution in [1.29, 1.82) is 0 Å². The molecule has 0 saturated carbocycles. The minimum Gasteiger partial charge on any atom is -0.289 e. The molecule has 0 spiro atoms. The minimum absolute atomic E-state index is 0.266. The molecule has 0 aromatic heterocycles. The summed E-state index contributed by atoms with van der Waals surface area (Å²) in [5.74, 6) is 0.266. The number of rotatable bonds is 4. The Morgan fingerprint density at radius 1 is 0.850 bits per heavy atom. The van der Waals surface area contributed by atoms with Gasteiger partial charge in [0.15, 0.2) is 5.78 Å². The molecule has 0 aliphatic heterocycles. The van der Waals surface area contributed by atoms with Crippen LogP contribution < -0.4 is 0 Å². The molecule has 0 amide bonds. The molecule has 0 fully saturated rings. The molecule has 2 aromatic carbocycles. The average molecular weight is 264 g/mol. The SMILES string of the molecule is CCCC1=C(CCC)c2ccc3ccccc3c2C1=O. The second-order valence-corrected chi connectivity index (χ2v) is 5.50. The van der Waals surface area contributed by atoms with Crippen LogP contribution in [0.5, 0.6) is 0 Å². The van der Waals surface area contributed by atoms with Crippen molar-refractivity contribution in [3.63, 3.8) is 0 Å². The summed E-state index contributed by atoms with van der Waals surface area (Å²) >= 11 is 0. The zero-order chi connectivity index (χ0) is 14.1. The fraction of sp³-hybridized carbons (Fsp3) is 0.316. The Morgan fingerprint density at radius 2 is 1.55 bits per heavy atom. The standard InChI is InChI=1S/C19H20O/c1-3-7-15-16-12-11-13-9-5-6-10-14(13)18(16)19(20)17(15)8-4-2/h5-6,9-12H,3-4,7-8H2,1-2H3. The van der Waals surface area contributed by atoms with Crippen LogP contribution in [0.25, 0.3) is 16.3 Å². The van der Waals surface area contributed by atoms with Crippen molar-refractivity contribution in [1.82, 2.24) is 0 Å². The second kappa shape index (κ2) is 5.24. The summed E-state index contributed by atoms with van der Waals surface area (Å²) in [5, 5.41) is 2.27. The summed E-state index contributed by atoms with van der Waals surface area (Å²) < 4.78 is 0. The summed E-state index contributed by atoms with van der Waals surface area (Å²) in [6.07, 6.45) is 4.02. The van der Waals surface area contributed by atoms with Crippen LogP contribution in [0.4, 0.5) is 0 Å². The van der Waals surface area contributed by atoms with Crippen molar-refractivity contribution in [2.45, 2.75) is 39.5 Å². The highest BCUT2D eigenvalue weighted by molar-refractivity contribution is 6.26. The molecular formula is C19H20O. The molecule has 0 saturated heterocycles. The normalized spacial score (nSPS) is 14.2. The zero-order valence-electron chi connectivity index (χ0n) is 12.2. The van der Waals surface area contributed by atoms with E-state index < -0.39 is 0 Å². The van der Waals surface area contributed by atoms with E-state index in [0.29, 0.717) is 0 Å². The molecule has 0 radical (unpaired) electrons. The van der Waals surface area contributed by atoms with Gasteiger partial charge < -0.3 is 0 Å². The van der Waals surface area contributed by atoms with Gasteiger partial charge in [-0.1, -0.05) is 63.1 Å². The Kier molecular flexibility index (Phi) is 3.43. The molecule has 0 atom stereocenters. The van der Waals surface area contributed by atoms with Crippen molar-refractivity contribution in [3.8, 4) is 0 Å². The van der Waals surface area contributed by atoms with Crippen molar-refractivity contribution < 1.29 is 4.79 Å². The van der Waals surface area contributed by atoms with Crippen molar-refractivity contribution >= 4 is 22.1 Å². The first kappa shape index (κ1) is 13.1. The summed E-state index contributed by atoms with van der Waals surface area (Å²) in [6.45, 7) is 4.32. The highest BCUT2D eigenvalue weighted by atomic mass is 16.1. The number of hydrogen-bond donors (Lipinski definition) is 0. The smallest absolute Gasteiger partial charge is 0.190 e. The van der Waals surface area contributed by atoms with E-state index in [9.17, 15) is 4.79 Å². The third-order valence-electron chi connectivity index (χ3n) is 4.12. The minimum atomic E-state index is 0.266. The van der Waals surface area contributed by atoms with Gasteiger partial charge in [-0.15, -0.1) is 0 Å². The number of carbonyl (C=O) groups is 1. The molecule has 2 aromatic rings. The molecule has 0 N–H and O–H groups in total. The zero-order valence-corrected chi connectivity index (χ0v) is 12.2. The van der Waals surface area contributed by atoms with Crippen molar-refractivity contribution in [3.05, 3.63) is 53.1 Å². The van der Waals surface area contributed by atoms with Gasteiger partial charge in [0, 0.05) is 11.1 Å². The fourth-order valence-corrected chi connectivity index (χ4v) is 3.27. The second-order valence-electron chi connectivity index (χ2n) is 5.50. The predicted octanol–water partition coefficient (Wildman–Crippen LogP) is 5.39. The average Bonchev–Trinajstić information content (AvgIpc) is 2.74. The summed E-state index contributed by atoms with van der Waals surface area (Å²) in [4.78, 5) is 12.8. The van der Waals surface area contributed by atoms with Gasteiger partial charge in [-0.3, -0.25) is 4.79 Å². The molecule has 1 aliphatic carbocycles. The largest absolute Gasteiger partial charge is 0.289 e. The quantitative estimate of drug-likeness (QED) is 0.723. The van der Waals surface area contributed by atoms with Gasteiger partial charge >= 0.3 is 0 Å². The fourth-order valence-electron chi connectivity index (χ4n) is 3.27. The Hall–Kier alpha value is -1.89. The molecular weight excluding hydrogens is 244 g/mol. The van der Waals surface area contributed by atoms with E-state index in [2.05, 4.69) is 38.1 Å². The Bertz CT molecular complexity index is 707. The molecule has 1 heteroatoms.